The first kappa shape index (κ1) is 25.6. The second-order valence-corrected chi connectivity index (χ2v) is 10.5. The lowest BCUT2D eigenvalue weighted by molar-refractivity contribution is -0.138. The third-order valence-electron chi connectivity index (χ3n) is 7.14. The largest absolute Gasteiger partial charge is 0.340 e. The molecule has 2 aromatic rings. The molecule has 0 aromatic heterocycles. The molecular weight excluding hydrogens is 454 g/mol. The third kappa shape index (κ3) is 5.20. The Labute approximate surface area is 212 Å². The van der Waals surface area contributed by atoms with Gasteiger partial charge in [0.05, 0.1) is 12.6 Å². The molecule has 4 rings (SSSR count). The lowest BCUT2D eigenvalue weighted by Gasteiger charge is -2.29. The number of Topliss-reactive ketones (excluding diaryl/α,β-unsaturated/α-hetero) is 1. The Balaban J connectivity index is 1.50. The van der Waals surface area contributed by atoms with Gasteiger partial charge in [-0.2, -0.15) is 0 Å². The zero-order valence-corrected chi connectivity index (χ0v) is 21.4. The van der Waals surface area contributed by atoms with Crippen molar-refractivity contribution in [2.24, 2.45) is 5.92 Å². The molecule has 1 unspecified atom stereocenters. The number of hydrogen-bond acceptors (Lipinski definition) is 4. The topological polar surface area (TPSA) is 86.8 Å². The third-order valence-corrected chi connectivity index (χ3v) is 7.14. The predicted octanol–water partition coefficient (Wildman–Crippen LogP) is 3.65. The van der Waals surface area contributed by atoms with Crippen molar-refractivity contribution < 1.29 is 19.2 Å². The first-order valence-corrected chi connectivity index (χ1v) is 12.8. The fraction of sp³-hybridized carbons (Fsp3) is 0.448. The predicted molar refractivity (Wildman–Crippen MR) is 138 cm³/mol. The van der Waals surface area contributed by atoms with Crippen molar-refractivity contribution >= 4 is 23.5 Å². The van der Waals surface area contributed by atoms with Crippen LogP contribution in [0.4, 0.5) is 0 Å². The average molecular weight is 490 g/mol. The van der Waals surface area contributed by atoms with Gasteiger partial charge in [0, 0.05) is 17.7 Å². The van der Waals surface area contributed by atoms with E-state index in [4.69, 9.17) is 0 Å². The molecule has 0 saturated carbocycles. The van der Waals surface area contributed by atoms with Crippen LogP contribution in [0.5, 0.6) is 0 Å². The molecule has 1 N–H and O–H groups in total. The molecule has 2 aliphatic heterocycles. The molecule has 2 heterocycles. The highest BCUT2D eigenvalue weighted by atomic mass is 16.2. The van der Waals surface area contributed by atoms with E-state index in [0.29, 0.717) is 36.4 Å². The summed E-state index contributed by atoms with van der Waals surface area (Å²) in [7, 11) is 0. The monoisotopic (exact) mass is 489 g/mol. The number of nitrogens with one attached hydrogen (secondary N) is 1. The number of nitrogens with zero attached hydrogens (tertiary/aromatic N) is 2. The summed E-state index contributed by atoms with van der Waals surface area (Å²) < 4.78 is 0. The van der Waals surface area contributed by atoms with Crippen LogP contribution in [0.15, 0.2) is 54.6 Å². The normalized spacial score (nSPS) is 20.1. The first-order valence-electron chi connectivity index (χ1n) is 12.8. The summed E-state index contributed by atoms with van der Waals surface area (Å²) in [5.74, 6) is -0.366. The number of carbonyl (C=O) groups is 4. The van der Waals surface area contributed by atoms with Crippen molar-refractivity contribution in [3.8, 4) is 0 Å². The van der Waals surface area contributed by atoms with Gasteiger partial charge in [-0.15, -0.1) is 0 Å². The lowest BCUT2D eigenvalue weighted by Crippen LogP contribution is -2.53. The Bertz CT molecular complexity index is 1130. The van der Waals surface area contributed by atoms with Crippen molar-refractivity contribution in [2.45, 2.75) is 64.6 Å². The molecule has 0 radical (unpaired) electrons. The van der Waals surface area contributed by atoms with Crippen LogP contribution in [0.1, 0.15) is 72.7 Å². The van der Waals surface area contributed by atoms with E-state index in [-0.39, 0.29) is 42.0 Å². The molecule has 7 heteroatoms. The highest BCUT2D eigenvalue weighted by Crippen LogP contribution is 2.32. The zero-order valence-electron chi connectivity index (χ0n) is 21.4. The summed E-state index contributed by atoms with van der Waals surface area (Å²) in [6.45, 7) is 8.56. The van der Waals surface area contributed by atoms with E-state index in [1.54, 1.807) is 46.2 Å². The van der Waals surface area contributed by atoms with Gasteiger partial charge in [0.15, 0.2) is 5.78 Å². The van der Waals surface area contributed by atoms with Gasteiger partial charge in [-0.25, -0.2) is 0 Å². The molecule has 3 amide bonds. The van der Waals surface area contributed by atoms with E-state index in [1.807, 2.05) is 32.0 Å². The van der Waals surface area contributed by atoms with Crippen LogP contribution >= 0.6 is 0 Å². The van der Waals surface area contributed by atoms with Crippen LogP contribution < -0.4 is 5.32 Å². The number of hydrogen-bond donors (Lipinski definition) is 1. The Morgan fingerprint density at radius 2 is 1.58 bits per heavy atom. The van der Waals surface area contributed by atoms with Crippen LogP contribution in [0.25, 0.3) is 0 Å². The van der Waals surface area contributed by atoms with Crippen molar-refractivity contribution in [2.75, 3.05) is 13.1 Å². The second kappa shape index (κ2) is 10.6. The second-order valence-electron chi connectivity index (χ2n) is 10.5. The summed E-state index contributed by atoms with van der Waals surface area (Å²) >= 11 is 0. The van der Waals surface area contributed by atoms with E-state index in [0.717, 1.165) is 5.56 Å². The summed E-state index contributed by atoms with van der Waals surface area (Å²) in [4.78, 5) is 56.0. The van der Waals surface area contributed by atoms with Crippen LogP contribution in [0.3, 0.4) is 0 Å². The van der Waals surface area contributed by atoms with Crippen molar-refractivity contribution in [1.82, 2.24) is 15.1 Å². The van der Waals surface area contributed by atoms with E-state index in [9.17, 15) is 19.2 Å². The number of amides is 3. The van der Waals surface area contributed by atoms with Crippen LogP contribution in [0.2, 0.25) is 0 Å². The SMILES string of the molecule is CC(C)C[C@H](NC(=O)c1ccc(C(C)C)cc1)C(=O)N1CCC2[C@H]1C(=O)CN2C(=O)c1ccccc1. The van der Waals surface area contributed by atoms with Gasteiger partial charge in [0.25, 0.3) is 11.8 Å². The van der Waals surface area contributed by atoms with E-state index >= 15 is 0 Å². The van der Waals surface area contributed by atoms with Crippen molar-refractivity contribution in [3.05, 3.63) is 71.3 Å². The number of ketones is 1. The lowest BCUT2D eigenvalue weighted by atomic mass is 10.00. The highest BCUT2D eigenvalue weighted by molar-refractivity contribution is 6.03. The van der Waals surface area contributed by atoms with Gasteiger partial charge in [-0.05, 0) is 54.5 Å². The molecule has 2 aromatic carbocycles. The van der Waals surface area contributed by atoms with Gasteiger partial charge in [-0.3, -0.25) is 19.2 Å². The molecule has 3 atom stereocenters. The summed E-state index contributed by atoms with van der Waals surface area (Å²) in [5, 5.41) is 2.92. The first-order chi connectivity index (χ1) is 17.2. The maximum Gasteiger partial charge on any atom is 0.254 e. The Morgan fingerprint density at radius 3 is 2.19 bits per heavy atom. The van der Waals surface area contributed by atoms with Crippen LogP contribution in [-0.4, -0.2) is 64.5 Å². The molecule has 0 aliphatic carbocycles. The van der Waals surface area contributed by atoms with Gasteiger partial charge in [0.2, 0.25) is 5.91 Å². The minimum Gasteiger partial charge on any atom is -0.340 e. The van der Waals surface area contributed by atoms with Crippen molar-refractivity contribution in [1.29, 1.82) is 0 Å². The number of likely N-dealkylation sites (tertiary alicyclic amines) is 2. The maximum absolute atomic E-state index is 13.7. The molecular formula is C29H35N3O4. The molecule has 2 aliphatic rings. The molecule has 0 spiro atoms. The number of benzene rings is 2. The molecule has 2 fully saturated rings. The highest BCUT2D eigenvalue weighted by Gasteiger charge is 2.52. The van der Waals surface area contributed by atoms with E-state index in [2.05, 4.69) is 19.2 Å². The van der Waals surface area contributed by atoms with E-state index < -0.39 is 12.1 Å². The average Bonchev–Trinajstić information content (AvgIpc) is 3.44. The summed E-state index contributed by atoms with van der Waals surface area (Å²) in [6.07, 6.45) is 1.00. The quantitative estimate of drug-likeness (QED) is 0.643. The smallest absolute Gasteiger partial charge is 0.254 e. The van der Waals surface area contributed by atoms with Crippen LogP contribution in [0, 0.1) is 5.92 Å². The molecule has 2 saturated heterocycles. The number of fused-ring (bicyclic) bond motifs is 1. The van der Waals surface area contributed by atoms with Gasteiger partial charge < -0.3 is 15.1 Å². The number of carbonyl (C=O) groups excluding carboxylic acids is 4. The van der Waals surface area contributed by atoms with Crippen LogP contribution in [-0.2, 0) is 9.59 Å². The Hall–Kier alpha value is -3.48. The Morgan fingerprint density at radius 1 is 0.917 bits per heavy atom. The summed E-state index contributed by atoms with van der Waals surface area (Å²) in [5.41, 5.74) is 2.17. The molecule has 36 heavy (non-hydrogen) atoms. The minimum absolute atomic E-state index is 0.00372. The fourth-order valence-electron chi connectivity index (χ4n) is 5.24. The molecule has 0 bridgehead atoms. The minimum atomic E-state index is -0.743. The van der Waals surface area contributed by atoms with Gasteiger partial charge in [-0.1, -0.05) is 58.0 Å². The number of rotatable bonds is 7. The Kier molecular flexibility index (Phi) is 7.57. The van der Waals surface area contributed by atoms with Crippen molar-refractivity contribution in [3.63, 3.8) is 0 Å². The van der Waals surface area contributed by atoms with Gasteiger partial charge in [0.1, 0.15) is 12.1 Å². The van der Waals surface area contributed by atoms with E-state index in [1.165, 1.54) is 0 Å². The molecule has 190 valence electrons. The summed E-state index contributed by atoms with van der Waals surface area (Å²) in [6, 6.07) is 14.6. The van der Waals surface area contributed by atoms with Gasteiger partial charge >= 0.3 is 0 Å². The zero-order chi connectivity index (χ0) is 26.0. The standard InChI is InChI=1S/C29H35N3O4/c1-18(2)16-23(30-27(34)21-12-10-20(11-13-21)19(3)4)29(36)31-15-14-24-26(31)25(33)17-32(24)28(35)22-8-6-5-7-9-22/h5-13,18-19,23-24,26H,14-17H2,1-4H3,(H,30,34)/t23-,24?,26-/m0/s1. The fourth-order valence-corrected chi connectivity index (χ4v) is 5.24. The maximum atomic E-state index is 13.7. The molecule has 7 nitrogen and oxygen atoms in total.